The number of carbonyl (C=O) groups is 1. The van der Waals surface area contributed by atoms with Gasteiger partial charge in [-0.15, -0.1) is 5.10 Å². The summed E-state index contributed by atoms with van der Waals surface area (Å²) in [6.07, 6.45) is 0.879. The highest BCUT2D eigenvalue weighted by Gasteiger charge is 2.22. The van der Waals surface area contributed by atoms with Crippen molar-refractivity contribution >= 4 is 5.91 Å². The number of aromatic nitrogens is 2. The number of rotatable bonds is 4. The zero-order chi connectivity index (χ0) is 18.6. The van der Waals surface area contributed by atoms with Crippen LogP contribution in [0.1, 0.15) is 33.6 Å². The van der Waals surface area contributed by atoms with Gasteiger partial charge in [0.05, 0.1) is 12.2 Å². The fourth-order valence-corrected chi connectivity index (χ4v) is 3.29. The van der Waals surface area contributed by atoms with Crippen LogP contribution >= 0.6 is 0 Å². The Kier molecular flexibility index (Phi) is 4.92. The second-order valence-electron chi connectivity index (χ2n) is 6.92. The van der Waals surface area contributed by atoms with Crippen molar-refractivity contribution in [3.63, 3.8) is 0 Å². The van der Waals surface area contributed by atoms with Crippen molar-refractivity contribution in [2.24, 2.45) is 0 Å². The molecule has 3 aromatic rings. The smallest absolute Gasteiger partial charge is 0.254 e. The molecule has 0 aliphatic carbocycles. The van der Waals surface area contributed by atoms with Gasteiger partial charge in [-0.2, -0.15) is 0 Å². The summed E-state index contributed by atoms with van der Waals surface area (Å²) in [6, 6.07) is 19.7. The number of nitrogens with zero attached hydrogens (tertiary/aromatic N) is 3. The molecule has 4 rings (SSSR count). The predicted molar refractivity (Wildman–Crippen MR) is 104 cm³/mol. The van der Waals surface area contributed by atoms with Gasteiger partial charge in [-0.1, -0.05) is 48.0 Å². The van der Waals surface area contributed by atoms with E-state index in [0.29, 0.717) is 19.0 Å². The lowest BCUT2D eigenvalue weighted by atomic mass is 10.1. The molecule has 5 heteroatoms. The fraction of sp³-hybridized carbons (Fsp3) is 0.273. The van der Waals surface area contributed by atoms with Gasteiger partial charge in [-0.3, -0.25) is 9.48 Å². The lowest BCUT2D eigenvalue weighted by Gasteiger charge is -2.20. The molecule has 0 saturated heterocycles. The van der Waals surface area contributed by atoms with Gasteiger partial charge in [-0.25, -0.2) is 0 Å². The van der Waals surface area contributed by atoms with E-state index in [1.807, 2.05) is 77.2 Å². The molecular weight excluding hydrogens is 338 g/mol. The Balaban J connectivity index is 1.46. The highest BCUT2D eigenvalue weighted by atomic mass is 16.5. The van der Waals surface area contributed by atoms with Gasteiger partial charge >= 0.3 is 0 Å². The van der Waals surface area contributed by atoms with Crippen molar-refractivity contribution in [1.82, 2.24) is 14.7 Å². The first-order valence-corrected chi connectivity index (χ1v) is 9.28. The van der Waals surface area contributed by atoms with E-state index in [2.05, 4.69) is 5.10 Å². The quantitative estimate of drug-likeness (QED) is 0.710. The molecular formula is C22H23N3O2. The Morgan fingerprint density at radius 1 is 1.07 bits per heavy atom. The maximum atomic E-state index is 12.9. The van der Waals surface area contributed by atoms with Crippen molar-refractivity contribution in [2.45, 2.75) is 33.0 Å². The maximum Gasteiger partial charge on any atom is 0.254 e. The Hall–Kier alpha value is -3.08. The van der Waals surface area contributed by atoms with E-state index in [0.717, 1.165) is 41.9 Å². The van der Waals surface area contributed by atoms with Crippen LogP contribution in [0.25, 0.3) is 0 Å². The number of aryl methyl sites for hydroxylation is 2. The van der Waals surface area contributed by atoms with Crippen LogP contribution in [0.3, 0.4) is 0 Å². The topological polar surface area (TPSA) is 47.4 Å². The van der Waals surface area contributed by atoms with E-state index in [-0.39, 0.29) is 5.91 Å². The first-order chi connectivity index (χ1) is 13.2. The summed E-state index contributed by atoms with van der Waals surface area (Å²) in [5.41, 5.74) is 4.00. The largest absolute Gasteiger partial charge is 0.472 e. The molecule has 5 nitrogen and oxygen atoms in total. The lowest BCUT2D eigenvalue weighted by Crippen LogP contribution is -2.30. The van der Waals surface area contributed by atoms with Crippen LogP contribution in [0.2, 0.25) is 0 Å². The first-order valence-electron chi connectivity index (χ1n) is 9.28. The van der Waals surface area contributed by atoms with Gasteiger partial charge < -0.3 is 9.64 Å². The van der Waals surface area contributed by atoms with Crippen LogP contribution in [0.5, 0.6) is 5.88 Å². The highest BCUT2D eigenvalue weighted by Crippen LogP contribution is 2.20. The minimum absolute atomic E-state index is 0.0661. The molecule has 0 radical (unpaired) electrons. The van der Waals surface area contributed by atoms with Crippen molar-refractivity contribution in [3.05, 3.63) is 83.0 Å². The SMILES string of the molecule is Cc1ccc(C(=O)N2CCCn3nc(OCc4ccccc4)cc3C2)cc1. The Morgan fingerprint density at radius 2 is 1.85 bits per heavy atom. The van der Waals surface area contributed by atoms with Gasteiger partial charge in [0.2, 0.25) is 5.88 Å². The number of hydrogen-bond donors (Lipinski definition) is 0. The van der Waals surface area contributed by atoms with Crippen molar-refractivity contribution in [2.75, 3.05) is 6.54 Å². The zero-order valence-corrected chi connectivity index (χ0v) is 15.5. The van der Waals surface area contributed by atoms with E-state index in [1.165, 1.54) is 0 Å². The summed E-state index contributed by atoms with van der Waals surface area (Å²) in [5, 5.41) is 4.56. The molecule has 0 spiro atoms. The van der Waals surface area contributed by atoms with Crippen LogP contribution in [-0.4, -0.2) is 27.1 Å². The van der Waals surface area contributed by atoms with Gasteiger partial charge in [0.25, 0.3) is 5.91 Å². The van der Waals surface area contributed by atoms with Crippen molar-refractivity contribution in [1.29, 1.82) is 0 Å². The van der Waals surface area contributed by atoms with Crippen LogP contribution in [0, 0.1) is 6.92 Å². The molecule has 1 aliphatic rings. The highest BCUT2D eigenvalue weighted by molar-refractivity contribution is 5.94. The average molecular weight is 361 g/mol. The number of hydrogen-bond acceptors (Lipinski definition) is 3. The summed E-state index contributed by atoms with van der Waals surface area (Å²) < 4.78 is 7.80. The molecule has 1 aromatic heterocycles. The zero-order valence-electron chi connectivity index (χ0n) is 15.5. The fourth-order valence-electron chi connectivity index (χ4n) is 3.29. The molecule has 0 atom stereocenters. The van der Waals surface area contributed by atoms with Gasteiger partial charge in [0.1, 0.15) is 6.61 Å². The number of ether oxygens (including phenoxy) is 1. The van der Waals surface area contributed by atoms with Crippen LogP contribution in [0.15, 0.2) is 60.7 Å². The lowest BCUT2D eigenvalue weighted by molar-refractivity contribution is 0.0745. The van der Waals surface area contributed by atoms with Gasteiger partial charge in [0, 0.05) is 24.7 Å². The normalized spacial score (nSPS) is 13.7. The van der Waals surface area contributed by atoms with E-state index < -0.39 is 0 Å². The Bertz CT molecular complexity index is 916. The first kappa shape index (κ1) is 17.3. The average Bonchev–Trinajstić information content (AvgIpc) is 2.97. The van der Waals surface area contributed by atoms with Gasteiger partial charge in [-0.05, 0) is 31.0 Å². The molecule has 2 heterocycles. The number of amides is 1. The van der Waals surface area contributed by atoms with Crippen LogP contribution in [0.4, 0.5) is 0 Å². The summed E-state index contributed by atoms with van der Waals surface area (Å²) in [6.45, 7) is 4.59. The van der Waals surface area contributed by atoms with Crippen LogP contribution < -0.4 is 4.74 Å². The third-order valence-electron chi connectivity index (χ3n) is 4.81. The Morgan fingerprint density at radius 3 is 2.63 bits per heavy atom. The molecule has 0 N–H and O–H groups in total. The summed E-state index contributed by atoms with van der Waals surface area (Å²) in [4.78, 5) is 14.8. The minimum Gasteiger partial charge on any atom is -0.472 e. The number of benzene rings is 2. The standard InChI is InChI=1S/C22H23N3O2/c1-17-8-10-19(11-9-17)22(26)24-12-5-13-25-20(15-24)14-21(23-25)27-16-18-6-3-2-4-7-18/h2-4,6-11,14H,5,12-13,15-16H2,1H3. The maximum absolute atomic E-state index is 12.9. The van der Waals surface area contributed by atoms with E-state index in [9.17, 15) is 4.79 Å². The molecule has 2 aromatic carbocycles. The monoisotopic (exact) mass is 361 g/mol. The van der Waals surface area contributed by atoms with Crippen LogP contribution in [-0.2, 0) is 19.7 Å². The second-order valence-corrected chi connectivity index (χ2v) is 6.92. The van der Waals surface area contributed by atoms with Crippen molar-refractivity contribution < 1.29 is 9.53 Å². The molecule has 0 bridgehead atoms. The molecule has 0 fully saturated rings. The molecule has 27 heavy (non-hydrogen) atoms. The van der Waals surface area contributed by atoms with E-state index >= 15 is 0 Å². The summed E-state index contributed by atoms with van der Waals surface area (Å²) in [7, 11) is 0. The molecule has 0 unspecified atom stereocenters. The molecule has 0 saturated carbocycles. The molecule has 1 aliphatic heterocycles. The molecule has 1 amide bonds. The summed E-state index contributed by atoms with van der Waals surface area (Å²) >= 11 is 0. The third-order valence-corrected chi connectivity index (χ3v) is 4.81. The van der Waals surface area contributed by atoms with E-state index in [4.69, 9.17) is 4.74 Å². The Labute approximate surface area is 159 Å². The number of fused-ring (bicyclic) bond motifs is 1. The van der Waals surface area contributed by atoms with Gasteiger partial charge in [0.15, 0.2) is 0 Å². The minimum atomic E-state index is 0.0661. The van der Waals surface area contributed by atoms with E-state index in [1.54, 1.807) is 0 Å². The number of carbonyl (C=O) groups excluding carboxylic acids is 1. The van der Waals surface area contributed by atoms with Crippen molar-refractivity contribution in [3.8, 4) is 5.88 Å². The predicted octanol–water partition coefficient (Wildman–Crippen LogP) is 3.82. The third kappa shape index (κ3) is 4.03. The molecule has 138 valence electrons. The second kappa shape index (κ2) is 7.66. The summed E-state index contributed by atoms with van der Waals surface area (Å²) in [5.74, 6) is 0.676.